The predicted octanol–water partition coefficient (Wildman–Crippen LogP) is 2.73. The molecule has 3 N–H and O–H groups in total. The van der Waals surface area contributed by atoms with Crippen LogP contribution in [0.1, 0.15) is 5.56 Å². The molecule has 0 radical (unpaired) electrons. The molecular formula is C13H9ClFN3O2S. The molecule has 0 amide bonds. The van der Waals surface area contributed by atoms with Crippen LogP contribution in [0.5, 0.6) is 0 Å². The lowest BCUT2D eigenvalue weighted by molar-refractivity contribution is 0.598. The summed E-state index contributed by atoms with van der Waals surface area (Å²) in [5, 5.41) is 8.59. The first-order chi connectivity index (χ1) is 9.83. The molecule has 0 spiro atoms. The third kappa shape index (κ3) is 3.24. The Morgan fingerprint density at radius 1 is 1.24 bits per heavy atom. The van der Waals surface area contributed by atoms with Crippen molar-refractivity contribution in [3.8, 4) is 6.07 Å². The van der Waals surface area contributed by atoms with Crippen molar-refractivity contribution in [2.45, 2.75) is 4.90 Å². The van der Waals surface area contributed by atoms with E-state index in [2.05, 4.69) is 4.72 Å². The maximum atomic E-state index is 13.6. The van der Waals surface area contributed by atoms with Crippen molar-refractivity contribution >= 4 is 33.0 Å². The minimum Gasteiger partial charge on any atom is -0.399 e. The summed E-state index contributed by atoms with van der Waals surface area (Å²) in [5.41, 5.74) is 5.63. The molecule has 0 heterocycles. The third-order valence-electron chi connectivity index (χ3n) is 2.59. The molecule has 0 bridgehead atoms. The Morgan fingerprint density at radius 3 is 2.57 bits per heavy atom. The highest BCUT2D eigenvalue weighted by molar-refractivity contribution is 7.92. The molecule has 0 atom stereocenters. The van der Waals surface area contributed by atoms with E-state index >= 15 is 0 Å². The van der Waals surface area contributed by atoms with Gasteiger partial charge in [-0.25, -0.2) is 12.8 Å². The van der Waals surface area contributed by atoms with Crippen LogP contribution in [0.2, 0.25) is 5.02 Å². The van der Waals surface area contributed by atoms with Crippen molar-refractivity contribution in [2.24, 2.45) is 0 Å². The summed E-state index contributed by atoms with van der Waals surface area (Å²) in [6.45, 7) is 0. The average Bonchev–Trinajstić information content (AvgIpc) is 2.42. The van der Waals surface area contributed by atoms with Gasteiger partial charge >= 0.3 is 0 Å². The van der Waals surface area contributed by atoms with Crippen LogP contribution < -0.4 is 10.5 Å². The van der Waals surface area contributed by atoms with Gasteiger partial charge in [-0.15, -0.1) is 0 Å². The van der Waals surface area contributed by atoms with E-state index in [1.165, 1.54) is 24.3 Å². The summed E-state index contributed by atoms with van der Waals surface area (Å²) in [4.78, 5) is -0.259. The first-order valence-corrected chi connectivity index (χ1v) is 7.47. The molecule has 0 aliphatic rings. The van der Waals surface area contributed by atoms with Gasteiger partial charge in [0.1, 0.15) is 10.7 Å². The monoisotopic (exact) mass is 325 g/mol. The normalized spacial score (nSPS) is 10.9. The number of nitrogens with one attached hydrogen (secondary N) is 1. The fourth-order valence-corrected chi connectivity index (χ4v) is 3.21. The summed E-state index contributed by atoms with van der Waals surface area (Å²) in [6.07, 6.45) is 0. The van der Waals surface area contributed by atoms with E-state index in [0.29, 0.717) is 0 Å². The van der Waals surface area contributed by atoms with Crippen LogP contribution >= 0.6 is 11.6 Å². The Balaban J connectivity index is 2.44. The van der Waals surface area contributed by atoms with Crippen LogP contribution in [0.15, 0.2) is 41.3 Å². The van der Waals surface area contributed by atoms with Crippen LogP contribution in [-0.2, 0) is 10.0 Å². The number of halogens is 2. The van der Waals surface area contributed by atoms with Crippen LogP contribution in [-0.4, -0.2) is 8.42 Å². The Bertz CT molecular complexity index is 847. The lowest BCUT2D eigenvalue weighted by Crippen LogP contribution is -2.14. The van der Waals surface area contributed by atoms with Gasteiger partial charge in [0.05, 0.1) is 22.3 Å². The molecule has 2 rings (SSSR count). The molecule has 0 aliphatic carbocycles. The fourth-order valence-electron chi connectivity index (χ4n) is 1.61. The van der Waals surface area contributed by atoms with Gasteiger partial charge in [-0.2, -0.15) is 5.26 Å². The number of anilines is 2. The predicted molar refractivity (Wildman–Crippen MR) is 77.8 cm³/mol. The molecule has 8 heteroatoms. The number of nitrogens with zero attached hydrogens (tertiary/aromatic N) is 1. The standard InChI is InChI=1S/C13H9ClFN3O2S/c14-10-5-8(7-16)1-4-13(10)21(19,20)18-12-6-9(17)2-3-11(12)15/h1-6,18H,17H2. The summed E-state index contributed by atoms with van der Waals surface area (Å²) >= 11 is 5.84. The van der Waals surface area contributed by atoms with Crippen molar-refractivity contribution in [2.75, 3.05) is 10.5 Å². The van der Waals surface area contributed by atoms with Gasteiger partial charge < -0.3 is 5.73 Å². The number of hydrogen-bond acceptors (Lipinski definition) is 4. The molecule has 0 saturated heterocycles. The lowest BCUT2D eigenvalue weighted by Gasteiger charge is -2.11. The zero-order valence-electron chi connectivity index (χ0n) is 10.5. The summed E-state index contributed by atoms with van der Waals surface area (Å²) < 4.78 is 40.0. The molecule has 2 aromatic rings. The van der Waals surface area contributed by atoms with Crippen molar-refractivity contribution < 1.29 is 12.8 Å². The number of nitrogen functional groups attached to an aromatic ring is 1. The van der Waals surface area contributed by atoms with Gasteiger partial charge in [0.15, 0.2) is 0 Å². The van der Waals surface area contributed by atoms with E-state index in [9.17, 15) is 12.8 Å². The highest BCUT2D eigenvalue weighted by Gasteiger charge is 2.20. The molecule has 5 nitrogen and oxygen atoms in total. The van der Waals surface area contributed by atoms with Gasteiger partial charge in [0, 0.05) is 5.69 Å². The highest BCUT2D eigenvalue weighted by atomic mass is 35.5. The molecule has 2 aromatic carbocycles. The molecule has 0 saturated carbocycles. The second kappa shape index (κ2) is 5.60. The molecule has 0 aliphatic heterocycles. The number of benzene rings is 2. The smallest absolute Gasteiger partial charge is 0.263 e. The molecular weight excluding hydrogens is 317 g/mol. The number of rotatable bonds is 3. The van der Waals surface area contributed by atoms with Crippen LogP contribution in [0, 0.1) is 17.1 Å². The minimum atomic E-state index is -4.10. The first-order valence-electron chi connectivity index (χ1n) is 5.61. The first kappa shape index (κ1) is 15.1. The quantitative estimate of drug-likeness (QED) is 0.848. The van der Waals surface area contributed by atoms with E-state index in [0.717, 1.165) is 12.1 Å². The number of sulfonamides is 1. The second-order valence-electron chi connectivity index (χ2n) is 4.10. The van der Waals surface area contributed by atoms with Crippen molar-refractivity contribution in [3.05, 3.63) is 52.8 Å². The SMILES string of the molecule is N#Cc1ccc(S(=O)(=O)Nc2cc(N)ccc2F)c(Cl)c1. The number of nitriles is 1. The van der Waals surface area contributed by atoms with Gasteiger partial charge in [-0.3, -0.25) is 4.72 Å². The number of hydrogen-bond donors (Lipinski definition) is 2. The Kier molecular flexibility index (Phi) is 4.02. The van der Waals surface area contributed by atoms with Crippen molar-refractivity contribution in [3.63, 3.8) is 0 Å². The topological polar surface area (TPSA) is 96.0 Å². The van der Waals surface area contributed by atoms with Gasteiger partial charge in [0.2, 0.25) is 0 Å². The van der Waals surface area contributed by atoms with Crippen LogP contribution in [0.3, 0.4) is 0 Å². The molecule has 0 unspecified atom stereocenters. The van der Waals surface area contributed by atoms with Crippen LogP contribution in [0.25, 0.3) is 0 Å². The fraction of sp³-hybridized carbons (Fsp3) is 0. The Hall–Kier alpha value is -2.30. The van der Waals surface area contributed by atoms with E-state index < -0.39 is 15.8 Å². The molecule has 0 fully saturated rings. The maximum Gasteiger partial charge on any atom is 0.263 e. The zero-order valence-corrected chi connectivity index (χ0v) is 12.0. The second-order valence-corrected chi connectivity index (χ2v) is 6.16. The van der Waals surface area contributed by atoms with E-state index in [1.54, 1.807) is 0 Å². The lowest BCUT2D eigenvalue weighted by atomic mass is 10.2. The van der Waals surface area contributed by atoms with E-state index in [4.69, 9.17) is 22.6 Å². The highest BCUT2D eigenvalue weighted by Crippen LogP contribution is 2.26. The van der Waals surface area contributed by atoms with E-state index in [1.807, 2.05) is 6.07 Å². The average molecular weight is 326 g/mol. The Morgan fingerprint density at radius 2 is 1.95 bits per heavy atom. The zero-order chi connectivity index (χ0) is 15.6. The summed E-state index contributed by atoms with van der Waals surface area (Å²) in [5.74, 6) is -0.766. The number of nitrogens with two attached hydrogens (primary N) is 1. The summed E-state index contributed by atoms with van der Waals surface area (Å²) in [7, 11) is -4.10. The molecule has 21 heavy (non-hydrogen) atoms. The minimum absolute atomic E-state index is 0.133. The van der Waals surface area contributed by atoms with Crippen molar-refractivity contribution in [1.82, 2.24) is 0 Å². The largest absolute Gasteiger partial charge is 0.399 e. The van der Waals surface area contributed by atoms with Crippen LogP contribution in [0.4, 0.5) is 15.8 Å². The third-order valence-corrected chi connectivity index (χ3v) is 4.43. The van der Waals surface area contributed by atoms with Gasteiger partial charge in [-0.1, -0.05) is 11.6 Å². The van der Waals surface area contributed by atoms with E-state index in [-0.39, 0.29) is 26.9 Å². The summed E-state index contributed by atoms with van der Waals surface area (Å²) in [6, 6.07) is 9.04. The van der Waals surface area contributed by atoms with Gasteiger partial charge in [-0.05, 0) is 36.4 Å². The molecule has 0 aromatic heterocycles. The Labute approximate surface area is 125 Å². The van der Waals surface area contributed by atoms with Gasteiger partial charge in [0.25, 0.3) is 10.0 Å². The van der Waals surface area contributed by atoms with Crippen molar-refractivity contribution in [1.29, 1.82) is 5.26 Å². The maximum absolute atomic E-state index is 13.6. The molecule has 108 valence electrons.